The Balaban J connectivity index is 2.26. The number of carboxylic acids is 1. The zero-order chi connectivity index (χ0) is 12.3. The first kappa shape index (κ1) is 11.7. The molecule has 17 heavy (non-hydrogen) atoms. The summed E-state index contributed by atoms with van der Waals surface area (Å²) in [6.45, 7) is 0. The third-order valence-electron chi connectivity index (χ3n) is 2.22. The van der Waals surface area contributed by atoms with Crippen molar-refractivity contribution in [2.24, 2.45) is 7.05 Å². The molecule has 0 aliphatic heterocycles. The third-order valence-corrected chi connectivity index (χ3v) is 3.51. The Bertz CT molecular complexity index is 512. The van der Waals surface area contributed by atoms with Crippen LogP contribution in [0.1, 0.15) is 10.8 Å². The van der Waals surface area contributed by atoms with Gasteiger partial charge < -0.3 is 5.11 Å². The average Bonchev–Trinajstić information content (AvgIpc) is 2.72. The molecule has 0 saturated heterocycles. The number of aliphatic carboxylic acids is 1. The summed E-state index contributed by atoms with van der Waals surface area (Å²) in [5.74, 6) is -0.885. The zero-order valence-corrected chi connectivity index (χ0v) is 9.96. The Morgan fingerprint density at radius 3 is 2.65 bits per heavy atom. The summed E-state index contributed by atoms with van der Waals surface area (Å²) in [6, 6.07) is 9.09. The molecule has 0 saturated carbocycles. The van der Waals surface area contributed by atoms with Crippen molar-refractivity contribution in [2.75, 3.05) is 0 Å². The third kappa shape index (κ3) is 2.65. The molecule has 0 amide bonds. The van der Waals surface area contributed by atoms with Crippen molar-refractivity contribution in [1.82, 2.24) is 14.8 Å². The molecule has 1 heterocycles. The van der Waals surface area contributed by atoms with Crippen LogP contribution in [-0.4, -0.2) is 25.8 Å². The predicted octanol–water partition coefficient (Wildman–Crippen LogP) is 1.73. The van der Waals surface area contributed by atoms with E-state index in [2.05, 4.69) is 10.1 Å². The molecule has 0 spiro atoms. The van der Waals surface area contributed by atoms with Crippen molar-refractivity contribution in [3.05, 3.63) is 42.2 Å². The number of carboxylic acid groups (broad SMARTS) is 1. The first-order valence-corrected chi connectivity index (χ1v) is 5.85. The SMILES string of the molecule is Cn1ncnc1SC(C(=O)O)c1ccccc1. The zero-order valence-electron chi connectivity index (χ0n) is 9.15. The van der Waals surface area contributed by atoms with Gasteiger partial charge in [-0.25, -0.2) is 9.67 Å². The number of benzene rings is 1. The number of hydrogen-bond donors (Lipinski definition) is 1. The quantitative estimate of drug-likeness (QED) is 0.836. The number of carbonyl (C=O) groups is 1. The molecule has 88 valence electrons. The van der Waals surface area contributed by atoms with Crippen molar-refractivity contribution in [3.63, 3.8) is 0 Å². The van der Waals surface area contributed by atoms with Crippen LogP contribution in [0.2, 0.25) is 0 Å². The molecule has 0 aliphatic rings. The molecule has 1 aromatic carbocycles. The van der Waals surface area contributed by atoms with Crippen LogP contribution in [0.4, 0.5) is 0 Å². The van der Waals surface area contributed by atoms with Gasteiger partial charge in [-0.15, -0.1) is 0 Å². The van der Waals surface area contributed by atoms with Crippen LogP contribution in [0, 0.1) is 0 Å². The fourth-order valence-electron chi connectivity index (χ4n) is 1.39. The molecule has 0 fully saturated rings. The van der Waals surface area contributed by atoms with Crippen molar-refractivity contribution in [1.29, 1.82) is 0 Å². The van der Waals surface area contributed by atoms with Crippen molar-refractivity contribution in [2.45, 2.75) is 10.4 Å². The summed E-state index contributed by atoms with van der Waals surface area (Å²) in [6.07, 6.45) is 1.41. The molecule has 1 aromatic heterocycles. The summed E-state index contributed by atoms with van der Waals surface area (Å²) in [5.41, 5.74) is 0.744. The highest BCUT2D eigenvalue weighted by Gasteiger charge is 2.22. The van der Waals surface area contributed by atoms with Gasteiger partial charge in [-0.1, -0.05) is 42.1 Å². The van der Waals surface area contributed by atoms with E-state index >= 15 is 0 Å². The Morgan fingerprint density at radius 1 is 1.41 bits per heavy atom. The van der Waals surface area contributed by atoms with E-state index in [1.54, 1.807) is 23.9 Å². The van der Waals surface area contributed by atoms with Crippen molar-refractivity contribution in [3.8, 4) is 0 Å². The number of nitrogens with zero attached hydrogens (tertiary/aromatic N) is 3. The highest BCUT2D eigenvalue weighted by molar-refractivity contribution is 8.00. The molecule has 1 unspecified atom stereocenters. The number of rotatable bonds is 4. The van der Waals surface area contributed by atoms with E-state index < -0.39 is 11.2 Å². The summed E-state index contributed by atoms with van der Waals surface area (Å²) >= 11 is 1.17. The summed E-state index contributed by atoms with van der Waals surface area (Å²) in [4.78, 5) is 15.3. The predicted molar refractivity (Wildman–Crippen MR) is 63.7 cm³/mol. The Kier molecular flexibility index (Phi) is 3.43. The number of aryl methyl sites for hydroxylation is 1. The van der Waals surface area contributed by atoms with Gasteiger partial charge in [0.15, 0.2) is 5.16 Å². The van der Waals surface area contributed by atoms with E-state index in [9.17, 15) is 9.90 Å². The second-order valence-corrected chi connectivity index (χ2v) is 4.49. The van der Waals surface area contributed by atoms with E-state index in [0.29, 0.717) is 5.16 Å². The lowest BCUT2D eigenvalue weighted by Gasteiger charge is -2.11. The van der Waals surface area contributed by atoms with Gasteiger partial charge in [0, 0.05) is 7.05 Å². The fraction of sp³-hybridized carbons (Fsp3) is 0.182. The summed E-state index contributed by atoms with van der Waals surface area (Å²) < 4.78 is 1.56. The van der Waals surface area contributed by atoms with Crippen molar-refractivity contribution < 1.29 is 9.90 Å². The highest BCUT2D eigenvalue weighted by Crippen LogP contribution is 2.33. The van der Waals surface area contributed by atoms with Gasteiger partial charge in [-0.3, -0.25) is 4.79 Å². The van der Waals surface area contributed by atoms with Gasteiger partial charge in [0.2, 0.25) is 0 Å². The number of hydrogen-bond acceptors (Lipinski definition) is 4. The lowest BCUT2D eigenvalue weighted by Crippen LogP contribution is -2.09. The van der Waals surface area contributed by atoms with Crippen LogP contribution in [0.25, 0.3) is 0 Å². The van der Waals surface area contributed by atoms with Gasteiger partial charge in [0.25, 0.3) is 0 Å². The Labute approximate surface area is 102 Å². The molecule has 2 rings (SSSR count). The molecule has 0 bridgehead atoms. The fourth-order valence-corrected chi connectivity index (χ4v) is 2.30. The van der Waals surface area contributed by atoms with Gasteiger partial charge in [-0.05, 0) is 5.56 Å². The van der Waals surface area contributed by atoms with E-state index in [4.69, 9.17) is 0 Å². The topological polar surface area (TPSA) is 68.0 Å². The van der Waals surface area contributed by atoms with Gasteiger partial charge >= 0.3 is 5.97 Å². The second kappa shape index (κ2) is 5.01. The summed E-state index contributed by atoms with van der Waals surface area (Å²) in [7, 11) is 1.74. The van der Waals surface area contributed by atoms with Crippen LogP contribution in [-0.2, 0) is 11.8 Å². The number of aromatic nitrogens is 3. The molecular formula is C11H11N3O2S. The Hall–Kier alpha value is -1.82. The van der Waals surface area contributed by atoms with E-state index in [1.807, 2.05) is 18.2 Å². The minimum atomic E-state index is -0.885. The first-order valence-electron chi connectivity index (χ1n) is 4.97. The molecule has 1 N–H and O–H groups in total. The second-order valence-electron chi connectivity index (χ2n) is 3.41. The average molecular weight is 249 g/mol. The monoisotopic (exact) mass is 249 g/mol. The molecule has 0 radical (unpaired) electrons. The van der Waals surface area contributed by atoms with E-state index in [1.165, 1.54) is 18.1 Å². The first-order chi connectivity index (χ1) is 8.18. The Morgan fingerprint density at radius 2 is 2.12 bits per heavy atom. The maximum Gasteiger partial charge on any atom is 0.321 e. The molecule has 2 aromatic rings. The molecular weight excluding hydrogens is 238 g/mol. The molecule has 1 atom stereocenters. The molecule has 6 heteroatoms. The number of thioether (sulfide) groups is 1. The minimum Gasteiger partial charge on any atom is -0.480 e. The molecule has 0 aliphatic carbocycles. The normalized spacial score (nSPS) is 12.3. The maximum atomic E-state index is 11.3. The van der Waals surface area contributed by atoms with Gasteiger partial charge in [-0.2, -0.15) is 5.10 Å². The van der Waals surface area contributed by atoms with Crippen LogP contribution < -0.4 is 0 Å². The van der Waals surface area contributed by atoms with Crippen LogP contribution >= 0.6 is 11.8 Å². The largest absolute Gasteiger partial charge is 0.480 e. The standard InChI is InChI=1S/C11H11N3O2S/c1-14-11(12-7-13-14)17-9(10(15)16)8-5-3-2-4-6-8/h2-7,9H,1H3,(H,15,16). The van der Waals surface area contributed by atoms with Crippen LogP contribution in [0.15, 0.2) is 41.8 Å². The van der Waals surface area contributed by atoms with E-state index in [0.717, 1.165) is 5.56 Å². The van der Waals surface area contributed by atoms with E-state index in [-0.39, 0.29) is 0 Å². The summed E-state index contributed by atoms with van der Waals surface area (Å²) in [5, 5.41) is 13.1. The maximum absolute atomic E-state index is 11.3. The highest BCUT2D eigenvalue weighted by atomic mass is 32.2. The van der Waals surface area contributed by atoms with Crippen LogP contribution in [0.5, 0.6) is 0 Å². The van der Waals surface area contributed by atoms with Crippen LogP contribution in [0.3, 0.4) is 0 Å². The lowest BCUT2D eigenvalue weighted by atomic mass is 10.1. The smallest absolute Gasteiger partial charge is 0.321 e. The van der Waals surface area contributed by atoms with Gasteiger partial charge in [0.1, 0.15) is 11.6 Å². The molecule has 5 nitrogen and oxygen atoms in total. The van der Waals surface area contributed by atoms with Crippen molar-refractivity contribution >= 4 is 17.7 Å². The van der Waals surface area contributed by atoms with Gasteiger partial charge in [0.05, 0.1) is 0 Å². The lowest BCUT2D eigenvalue weighted by molar-refractivity contribution is -0.136. The minimum absolute atomic E-state index is 0.584.